The molecule has 0 aliphatic carbocycles. The average Bonchev–Trinajstić information content (AvgIpc) is 2.74. The number of ketones is 1. The van der Waals surface area contributed by atoms with E-state index in [1.165, 1.54) is 19.1 Å². The lowest BCUT2D eigenvalue weighted by atomic mass is 10.1. The largest absolute Gasteiger partial charge is 0.460 e. The first-order valence-corrected chi connectivity index (χ1v) is 6.89. The molecule has 0 bridgehead atoms. The van der Waals surface area contributed by atoms with Crippen molar-refractivity contribution in [2.75, 3.05) is 6.61 Å². The van der Waals surface area contributed by atoms with Gasteiger partial charge in [0.25, 0.3) is 5.78 Å². The Labute approximate surface area is 122 Å². The smallest absolute Gasteiger partial charge is 0.417 e. The van der Waals surface area contributed by atoms with Crippen molar-refractivity contribution in [1.29, 1.82) is 0 Å². The zero-order valence-corrected chi connectivity index (χ0v) is 12.0. The molecule has 0 N–H and O–H groups in total. The summed E-state index contributed by atoms with van der Waals surface area (Å²) in [6, 6.07) is 3.73. The van der Waals surface area contributed by atoms with Crippen LogP contribution in [0.3, 0.4) is 0 Å². The first-order chi connectivity index (χ1) is 9.77. The maximum Gasteiger partial charge on any atom is 0.417 e. The first kappa shape index (κ1) is 15.5. The number of alkyl halides is 3. The molecular weight excluding hydrogens is 305 g/mol. The van der Waals surface area contributed by atoms with E-state index in [9.17, 15) is 22.8 Å². The van der Waals surface area contributed by atoms with Crippen LogP contribution in [-0.2, 0) is 15.7 Å². The highest BCUT2D eigenvalue weighted by atomic mass is 32.1. The third kappa shape index (κ3) is 2.78. The van der Waals surface area contributed by atoms with Gasteiger partial charge in [0.2, 0.25) is 0 Å². The highest BCUT2D eigenvalue weighted by Gasteiger charge is 2.34. The predicted molar refractivity (Wildman–Crippen MR) is 72.5 cm³/mol. The van der Waals surface area contributed by atoms with Gasteiger partial charge in [-0.2, -0.15) is 13.2 Å². The van der Waals surface area contributed by atoms with Crippen LogP contribution in [0.1, 0.15) is 27.7 Å². The number of hydrogen-bond acceptors (Lipinski definition) is 4. The van der Waals surface area contributed by atoms with Crippen molar-refractivity contribution in [3.8, 4) is 0 Å². The van der Waals surface area contributed by atoms with Gasteiger partial charge < -0.3 is 4.74 Å². The van der Waals surface area contributed by atoms with E-state index in [0.717, 1.165) is 6.07 Å². The quantitative estimate of drug-likeness (QED) is 0.489. The molecule has 7 heteroatoms. The Bertz CT molecular complexity index is 716. The average molecular weight is 316 g/mol. The van der Waals surface area contributed by atoms with Crippen molar-refractivity contribution >= 4 is 33.2 Å². The summed E-state index contributed by atoms with van der Waals surface area (Å²) < 4.78 is 43.5. The SMILES string of the molecule is CCOC(=O)C(=O)c1sc2c(C(F)(F)F)cccc2c1C. The second-order valence-electron chi connectivity index (χ2n) is 4.29. The molecule has 2 aromatic rings. The summed E-state index contributed by atoms with van der Waals surface area (Å²) in [6.07, 6.45) is -4.51. The number of carbonyl (C=O) groups is 2. The van der Waals surface area contributed by atoms with Crippen LogP contribution in [0.5, 0.6) is 0 Å². The Morgan fingerprint density at radius 2 is 1.95 bits per heavy atom. The third-order valence-electron chi connectivity index (χ3n) is 2.94. The molecule has 112 valence electrons. The van der Waals surface area contributed by atoms with Crippen molar-refractivity contribution in [2.45, 2.75) is 20.0 Å². The van der Waals surface area contributed by atoms with Crippen LogP contribution in [0.25, 0.3) is 10.1 Å². The fraction of sp³-hybridized carbons (Fsp3) is 0.286. The molecule has 0 fully saturated rings. The topological polar surface area (TPSA) is 43.4 Å². The lowest BCUT2D eigenvalue weighted by molar-refractivity contribution is -0.137. The molecule has 0 atom stereocenters. The van der Waals surface area contributed by atoms with Crippen molar-refractivity contribution in [2.24, 2.45) is 0 Å². The summed E-state index contributed by atoms with van der Waals surface area (Å²) in [4.78, 5) is 23.4. The molecule has 0 saturated heterocycles. The number of halogens is 3. The molecule has 0 radical (unpaired) electrons. The summed E-state index contributed by atoms with van der Waals surface area (Å²) in [5, 5.41) is 0.322. The Morgan fingerprint density at radius 1 is 1.29 bits per heavy atom. The summed E-state index contributed by atoms with van der Waals surface area (Å²) in [5.41, 5.74) is -0.449. The highest BCUT2D eigenvalue weighted by Crippen LogP contribution is 2.40. The first-order valence-electron chi connectivity index (χ1n) is 6.08. The summed E-state index contributed by atoms with van der Waals surface area (Å²) in [6.45, 7) is 3.10. The van der Waals surface area contributed by atoms with Crippen molar-refractivity contribution in [3.63, 3.8) is 0 Å². The number of esters is 1. The van der Waals surface area contributed by atoms with Gasteiger partial charge in [-0.3, -0.25) is 4.79 Å². The molecular formula is C14H11F3O3S. The zero-order valence-electron chi connectivity index (χ0n) is 11.2. The van der Waals surface area contributed by atoms with Crippen LogP contribution >= 0.6 is 11.3 Å². The lowest BCUT2D eigenvalue weighted by Gasteiger charge is -2.07. The fourth-order valence-electron chi connectivity index (χ4n) is 1.97. The van der Waals surface area contributed by atoms with Gasteiger partial charge in [-0.15, -0.1) is 11.3 Å². The van der Waals surface area contributed by atoms with Gasteiger partial charge in [-0.05, 0) is 30.9 Å². The summed E-state index contributed by atoms with van der Waals surface area (Å²) in [7, 11) is 0. The second-order valence-corrected chi connectivity index (χ2v) is 5.31. The third-order valence-corrected chi connectivity index (χ3v) is 4.28. The summed E-state index contributed by atoms with van der Waals surface area (Å²) in [5.74, 6) is -1.97. The fourth-order valence-corrected chi connectivity index (χ4v) is 3.24. The van der Waals surface area contributed by atoms with Crippen LogP contribution in [0.4, 0.5) is 13.2 Å². The van der Waals surface area contributed by atoms with Crippen molar-refractivity contribution in [1.82, 2.24) is 0 Å². The van der Waals surface area contributed by atoms with Crippen molar-refractivity contribution < 1.29 is 27.5 Å². The van der Waals surface area contributed by atoms with Gasteiger partial charge in [0.05, 0.1) is 17.0 Å². The molecule has 21 heavy (non-hydrogen) atoms. The number of aryl methyl sites for hydroxylation is 1. The lowest BCUT2D eigenvalue weighted by Crippen LogP contribution is -2.17. The maximum absolute atomic E-state index is 13.0. The molecule has 1 aromatic carbocycles. The monoisotopic (exact) mass is 316 g/mol. The summed E-state index contributed by atoms with van der Waals surface area (Å²) >= 11 is 0.669. The Kier molecular flexibility index (Phi) is 4.04. The number of fused-ring (bicyclic) bond motifs is 1. The van der Waals surface area contributed by atoms with Gasteiger partial charge in [0.1, 0.15) is 0 Å². The zero-order chi connectivity index (χ0) is 15.8. The molecule has 1 heterocycles. The molecule has 0 unspecified atom stereocenters. The van der Waals surface area contributed by atoms with Gasteiger partial charge in [-0.1, -0.05) is 12.1 Å². The highest BCUT2D eigenvalue weighted by molar-refractivity contribution is 7.22. The molecule has 0 amide bonds. The molecule has 2 rings (SSSR count). The second kappa shape index (κ2) is 5.48. The van der Waals surface area contributed by atoms with E-state index in [1.807, 2.05) is 0 Å². The Balaban J connectivity index is 2.61. The number of thiophene rings is 1. The van der Waals surface area contributed by atoms with Crippen LogP contribution in [-0.4, -0.2) is 18.4 Å². The minimum atomic E-state index is -4.51. The number of Topliss-reactive ketones (excluding diaryl/α,β-unsaturated/α-hetero) is 1. The van der Waals surface area contributed by atoms with E-state index in [-0.39, 0.29) is 16.2 Å². The number of ether oxygens (including phenoxy) is 1. The van der Waals surface area contributed by atoms with Gasteiger partial charge in [-0.25, -0.2) is 4.79 Å². The molecule has 1 aromatic heterocycles. The van der Waals surface area contributed by atoms with Gasteiger partial charge >= 0.3 is 12.1 Å². The Hall–Kier alpha value is -1.89. The van der Waals surface area contributed by atoms with Crippen molar-refractivity contribution in [3.05, 3.63) is 34.2 Å². The number of carbonyl (C=O) groups excluding carboxylic acids is 2. The molecule has 0 spiro atoms. The van der Waals surface area contributed by atoms with E-state index in [2.05, 4.69) is 4.74 Å². The van der Waals surface area contributed by atoms with Crippen LogP contribution in [0.15, 0.2) is 18.2 Å². The standard InChI is InChI=1S/C14H11F3O3S/c1-3-20-13(19)10(18)11-7(2)8-5-4-6-9(12(8)21-11)14(15,16)17/h4-6H,3H2,1-2H3. The van der Waals surface area contributed by atoms with E-state index in [4.69, 9.17) is 0 Å². The number of rotatable bonds is 3. The van der Waals surface area contributed by atoms with Gasteiger partial charge in [0.15, 0.2) is 0 Å². The maximum atomic E-state index is 13.0. The number of benzene rings is 1. The van der Waals surface area contributed by atoms with E-state index >= 15 is 0 Å². The number of hydrogen-bond donors (Lipinski definition) is 0. The molecule has 0 saturated carbocycles. The van der Waals surface area contributed by atoms with E-state index < -0.39 is 23.5 Å². The Morgan fingerprint density at radius 3 is 2.52 bits per heavy atom. The molecule has 0 aliphatic heterocycles. The normalized spacial score (nSPS) is 11.7. The molecule has 0 aliphatic rings. The van der Waals surface area contributed by atoms with Crippen LogP contribution in [0, 0.1) is 6.92 Å². The van der Waals surface area contributed by atoms with Crippen LogP contribution in [0.2, 0.25) is 0 Å². The molecule has 3 nitrogen and oxygen atoms in total. The van der Waals surface area contributed by atoms with E-state index in [0.29, 0.717) is 22.3 Å². The predicted octanol–water partition coefficient (Wildman–Crippen LogP) is 3.97. The minimum absolute atomic E-state index is 0.0138. The van der Waals surface area contributed by atoms with Gasteiger partial charge in [0, 0.05) is 4.70 Å². The minimum Gasteiger partial charge on any atom is -0.460 e. The van der Waals surface area contributed by atoms with E-state index in [1.54, 1.807) is 6.92 Å². The van der Waals surface area contributed by atoms with Crippen LogP contribution < -0.4 is 0 Å².